The van der Waals surface area contributed by atoms with Gasteiger partial charge in [0, 0.05) is 17.4 Å². The molecule has 6 nitrogen and oxygen atoms in total. The normalized spacial score (nSPS) is 10.7. The Balaban J connectivity index is 2.09. The third kappa shape index (κ3) is 3.60. The molecule has 0 bridgehead atoms. The highest BCUT2D eigenvalue weighted by atomic mass is 16.5. The van der Waals surface area contributed by atoms with Gasteiger partial charge in [-0.3, -0.25) is 0 Å². The molecule has 0 saturated heterocycles. The summed E-state index contributed by atoms with van der Waals surface area (Å²) < 4.78 is 16.0. The molecule has 0 saturated carbocycles. The van der Waals surface area contributed by atoms with E-state index in [9.17, 15) is 9.90 Å². The van der Waals surface area contributed by atoms with Gasteiger partial charge in [-0.2, -0.15) is 0 Å². The van der Waals surface area contributed by atoms with Gasteiger partial charge in [-0.25, -0.2) is 9.78 Å². The second-order valence-corrected chi connectivity index (χ2v) is 5.51. The van der Waals surface area contributed by atoms with Crippen LogP contribution in [0.3, 0.4) is 0 Å². The standard InChI is InChI=1S/C20H19NO5/c1-3-25-12-17-16-11-14(26-13-7-5-4-6-8-13)9-10-15(16)19(22)18(21-17)20(23)24-2/h4-11,22H,3,12H2,1-2H3. The number of nitrogens with zero attached hydrogens (tertiary/aromatic N) is 1. The number of rotatable bonds is 6. The quantitative estimate of drug-likeness (QED) is 0.674. The number of carbonyl (C=O) groups is 1. The van der Waals surface area contributed by atoms with Crippen LogP contribution in [0.4, 0.5) is 0 Å². The summed E-state index contributed by atoms with van der Waals surface area (Å²) in [7, 11) is 1.24. The lowest BCUT2D eigenvalue weighted by atomic mass is 10.1. The predicted molar refractivity (Wildman–Crippen MR) is 96.6 cm³/mol. The largest absolute Gasteiger partial charge is 0.505 e. The van der Waals surface area contributed by atoms with E-state index in [4.69, 9.17) is 14.2 Å². The zero-order valence-corrected chi connectivity index (χ0v) is 14.6. The van der Waals surface area contributed by atoms with E-state index in [-0.39, 0.29) is 18.1 Å². The molecular weight excluding hydrogens is 334 g/mol. The highest BCUT2D eigenvalue weighted by molar-refractivity contribution is 6.00. The Kier molecular flexibility index (Phi) is 5.34. The maximum absolute atomic E-state index is 11.9. The number of carbonyl (C=O) groups excluding carboxylic acids is 1. The highest BCUT2D eigenvalue weighted by Crippen LogP contribution is 2.34. The Morgan fingerprint density at radius 2 is 1.85 bits per heavy atom. The van der Waals surface area contributed by atoms with Gasteiger partial charge in [0.1, 0.15) is 11.5 Å². The zero-order valence-electron chi connectivity index (χ0n) is 14.6. The minimum absolute atomic E-state index is 0.133. The number of hydrogen-bond acceptors (Lipinski definition) is 6. The van der Waals surface area contributed by atoms with E-state index in [0.717, 1.165) is 0 Å². The van der Waals surface area contributed by atoms with Crippen molar-refractivity contribution in [1.82, 2.24) is 4.98 Å². The molecule has 3 aromatic rings. The second-order valence-electron chi connectivity index (χ2n) is 5.51. The Labute approximate surface area is 151 Å². The van der Waals surface area contributed by atoms with Crippen molar-refractivity contribution in [3.63, 3.8) is 0 Å². The summed E-state index contributed by atoms with van der Waals surface area (Å²) in [6.07, 6.45) is 0. The number of methoxy groups -OCH3 is 1. The predicted octanol–water partition coefficient (Wildman–Crippen LogP) is 4.06. The Morgan fingerprint density at radius 1 is 1.08 bits per heavy atom. The molecule has 0 aliphatic carbocycles. The van der Waals surface area contributed by atoms with Crippen molar-refractivity contribution < 1.29 is 24.1 Å². The van der Waals surface area contributed by atoms with Crippen molar-refractivity contribution >= 4 is 16.7 Å². The topological polar surface area (TPSA) is 77.9 Å². The van der Waals surface area contributed by atoms with Crippen LogP contribution in [0.2, 0.25) is 0 Å². The van der Waals surface area contributed by atoms with Gasteiger partial charge in [-0.05, 0) is 37.3 Å². The molecule has 2 aromatic carbocycles. The lowest BCUT2D eigenvalue weighted by molar-refractivity contribution is 0.0589. The number of fused-ring (bicyclic) bond motifs is 1. The summed E-state index contributed by atoms with van der Waals surface area (Å²) >= 11 is 0. The summed E-state index contributed by atoms with van der Waals surface area (Å²) in [5.74, 6) is 0.361. The summed E-state index contributed by atoms with van der Waals surface area (Å²) in [5.41, 5.74) is 0.394. The summed E-state index contributed by atoms with van der Waals surface area (Å²) in [5, 5.41) is 11.6. The fourth-order valence-corrected chi connectivity index (χ4v) is 2.58. The van der Waals surface area contributed by atoms with Crippen molar-refractivity contribution in [2.45, 2.75) is 13.5 Å². The van der Waals surface area contributed by atoms with E-state index in [1.54, 1.807) is 18.2 Å². The van der Waals surface area contributed by atoms with E-state index in [0.29, 0.717) is 34.6 Å². The molecule has 0 atom stereocenters. The minimum atomic E-state index is -0.702. The second kappa shape index (κ2) is 7.84. The molecule has 0 fully saturated rings. The first-order chi connectivity index (χ1) is 12.6. The van der Waals surface area contributed by atoms with Gasteiger partial charge in [-0.1, -0.05) is 18.2 Å². The first-order valence-corrected chi connectivity index (χ1v) is 8.18. The van der Waals surface area contributed by atoms with Gasteiger partial charge in [0.2, 0.25) is 0 Å². The first kappa shape index (κ1) is 17.7. The number of para-hydroxylation sites is 1. The highest BCUT2D eigenvalue weighted by Gasteiger charge is 2.20. The average molecular weight is 353 g/mol. The molecule has 0 aliphatic heterocycles. The Hall–Kier alpha value is -3.12. The summed E-state index contributed by atoms with van der Waals surface area (Å²) in [4.78, 5) is 16.2. The summed E-state index contributed by atoms with van der Waals surface area (Å²) in [6.45, 7) is 2.57. The van der Waals surface area contributed by atoms with Crippen LogP contribution in [0.5, 0.6) is 17.2 Å². The monoisotopic (exact) mass is 353 g/mol. The maximum Gasteiger partial charge on any atom is 0.360 e. The van der Waals surface area contributed by atoms with Gasteiger partial charge in [0.15, 0.2) is 11.4 Å². The third-order valence-corrected chi connectivity index (χ3v) is 3.83. The molecule has 0 unspecified atom stereocenters. The van der Waals surface area contributed by atoms with Crippen molar-refractivity contribution in [2.75, 3.05) is 13.7 Å². The van der Waals surface area contributed by atoms with Crippen LogP contribution in [0.25, 0.3) is 10.8 Å². The first-order valence-electron chi connectivity index (χ1n) is 8.18. The van der Waals surface area contributed by atoms with E-state index < -0.39 is 5.97 Å². The van der Waals surface area contributed by atoms with Gasteiger partial charge in [0.25, 0.3) is 0 Å². The number of pyridine rings is 1. The molecule has 0 radical (unpaired) electrons. The molecule has 1 N–H and O–H groups in total. The molecule has 6 heteroatoms. The van der Waals surface area contributed by atoms with E-state index in [1.807, 2.05) is 37.3 Å². The molecule has 134 valence electrons. The van der Waals surface area contributed by atoms with Gasteiger partial charge >= 0.3 is 5.97 Å². The van der Waals surface area contributed by atoms with Crippen molar-refractivity contribution in [2.24, 2.45) is 0 Å². The van der Waals surface area contributed by atoms with E-state index in [1.165, 1.54) is 7.11 Å². The van der Waals surface area contributed by atoms with Crippen molar-refractivity contribution in [3.05, 3.63) is 59.9 Å². The summed E-state index contributed by atoms with van der Waals surface area (Å²) in [6, 6.07) is 14.5. The van der Waals surface area contributed by atoms with Crippen molar-refractivity contribution in [3.8, 4) is 17.2 Å². The number of aromatic nitrogens is 1. The molecular formula is C20H19NO5. The van der Waals surface area contributed by atoms with Crippen LogP contribution in [-0.2, 0) is 16.1 Å². The Bertz CT molecular complexity index is 924. The smallest absolute Gasteiger partial charge is 0.360 e. The molecule has 1 aromatic heterocycles. The average Bonchev–Trinajstić information content (AvgIpc) is 2.67. The van der Waals surface area contributed by atoms with E-state index >= 15 is 0 Å². The Morgan fingerprint density at radius 3 is 2.54 bits per heavy atom. The SMILES string of the molecule is CCOCc1nc(C(=O)OC)c(O)c2ccc(Oc3ccccc3)cc12. The van der Waals surface area contributed by atoms with Gasteiger partial charge in [0.05, 0.1) is 19.4 Å². The van der Waals surface area contributed by atoms with Crippen LogP contribution in [-0.4, -0.2) is 29.8 Å². The molecule has 0 aliphatic rings. The number of hydrogen-bond donors (Lipinski definition) is 1. The number of ether oxygens (including phenoxy) is 3. The lowest BCUT2D eigenvalue weighted by Gasteiger charge is -2.13. The van der Waals surface area contributed by atoms with Crippen LogP contribution in [0.1, 0.15) is 23.1 Å². The molecule has 0 amide bonds. The van der Waals surface area contributed by atoms with Crippen LogP contribution in [0, 0.1) is 0 Å². The fourth-order valence-electron chi connectivity index (χ4n) is 2.58. The van der Waals surface area contributed by atoms with E-state index in [2.05, 4.69) is 4.98 Å². The number of esters is 1. The molecule has 1 heterocycles. The minimum Gasteiger partial charge on any atom is -0.505 e. The number of benzene rings is 2. The maximum atomic E-state index is 11.9. The fraction of sp³-hybridized carbons (Fsp3) is 0.200. The van der Waals surface area contributed by atoms with Crippen LogP contribution >= 0.6 is 0 Å². The molecule has 3 rings (SSSR count). The van der Waals surface area contributed by atoms with Crippen molar-refractivity contribution in [1.29, 1.82) is 0 Å². The van der Waals surface area contributed by atoms with Gasteiger partial charge < -0.3 is 19.3 Å². The molecule has 26 heavy (non-hydrogen) atoms. The zero-order chi connectivity index (χ0) is 18.5. The molecule has 0 spiro atoms. The van der Waals surface area contributed by atoms with Crippen LogP contribution in [0.15, 0.2) is 48.5 Å². The number of aromatic hydroxyl groups is 1. The third-order valence-electron chi connectivity index (χ3n) is 3.83. The van der Waals surface area contributed by atoms with Crippen LogP contribution < -0.4 is 4.74 Å². The lowest BCUT2D eigenvalue weighted by Crippen LogP contribution is -2.08. The van der Waals surface area contributed by atoms with Gasteiger partial charge in [-0.15, -0.1) is 0 Å².